The van der Waals surface area contributed by atoms with Crippen LogP contribution in [0.15, 0.2) is 54.6 Å². The molecule has 0 aliphatic rings. The molecule has 3 aromatic rings. The van der Waals surface area contributed by atoms with E-state index in [1.54, 1.807) is 18.2 Å². The Balaban J connectivity index is 0.00000192. The van der Waals surface area contributed by atoms with Crippen LogP contribution in [-0.2, 0) is 19.5 Å². The summed E-state index contributed by atoms with van der Waals surface area (Å²) in [4.78, 5) is 3.46. The molecule has 0 radical (unpaired) electrons. The third kappa shape index (κ3) is 2.86. The van der Waals surface area contributed by atoms with Crippen LogP contribution in [0, 0.1) is 17.9 Å². The molecule has 3 rings (SSSR count). The Morgan fingerprint density at radius 3 is 2.35 bits per heavy atom. The predicted octanol–water partition coefficient (Wildman–Crippen LogP) is 3.66. The zero-order valence-corrected chi connectivity index (χ0v) is 15.1. The summed E-state index contributed by atoms with van der Waals surface area (Å²) in [6.45, 7) is 7.37. The fourth-order valence-electron chi connectivity index (χ4n) is 2.26. The minimum absolute atomic E-state index is 0. The fourth-order valence-corrected chi connectivity index (χ4v) is 2.26. The van der Waals surface area contributed by atoms with Crippen LogP contribution >= 0.6 is 0 Å². The van der Waals surface area contributed by atoms with Crippen molar-refractivity contribution < 1.29 is 24.6 Å². The molecule has 2 aromatic carbocycles. The van der Waals surface area contributed by atoms with Gasteiger partial charge in [-0.15, -0.1) is 0 Å². The van der Waals surface area contributed by atoms with E-state index in [4.69, 9.17) is 6.57 Å². The second-order valence-electron chi connectivity index (χ2n) is 4.54. The summed E-state index contributed by atoms with van der Waals surface area (Å²) in [5, 5.41) is 23.5. The molecule has 0 aliphatic carbocycles. The molecule has 1 heterocycles. The van der Waals surface area contributed by atoms with E-state index in [1.165, 1.54) is 10.7 Å². The molecule has 23 heavy (non-hydrogen) atoms. The van der Waals surface area contributed by atoms with Gasteiger partial charge < -0.3 is 5.11 Å². The van der Waals surface area contributed by atoms with Crippen molar-refractivity contribution in [3.8, 4) is 28.8 Å². The molecule has 6 heteroatoms. The van der Waals surface area contributed by atoms with Gasteiger partial charge in [0.15, 0.2) is 5.69 Å². The van der Waals surface area contributed by atoms with Crippen LogP contribution in [0.5, 0.6) is 5.75 Å². The Labute approximate surface area is 146 Å². The van der Waals surface area contributed by atoms with Crippen molar-refractivity contribution in [3.05, 3.63) is 71.7 Å². The van der Waals surface area contributed by atoms with Crippen molar-refractivity contribution in [1.82, 2.24) is 9.78 Å². The summed E-state index contributed by atoms with van der Waals surface area (Å²) in [7, 11) is 0. The summed E-state index contributed by atoms with van der Waals surface area (Å²) in [6.07, 6.45) is 0. The van der Waals surface area contributed by atoms with E-state index in [1.807, 2.05) is 36.4 Å². The molecule has 0 saturated carbocycles. The normalized spacial score (nSPS) is 9.48. The van der Waals surface area contributed by atoms with E-state index >= 15 is 0 Å². The maximum Gasteiger partial charge on any atom is 0.250 e. The largest absolute Gasteiger partial charge is 0.506 e. The van der Waals surface area contributed by atoms with Crippen molar-refractivity contribution >= 4 is 5.69 Å². The standard InChI is InChI=1S/C17H10N4O.Zn/c1-19-16-13(11-18)20-21(14-9-5-6-10-15(14)22)17(16)12-7-3-2-4-8-12;/h2-10,22H;. The first-order chi connectivity index (χ1) is 10.8. The molecule has 0 unspecified atom stereocenters. The SMILES string of the molecule is [C-]#[N+]c1c(C#N)nn(-c2ccccc2O)c1-c1ccccc1.[Zn]. The zero-order valence-electron chi connectivity index (χ0n) is 12.1. The van der Waals surface area contributed by atoms with Crippen molar-refractivity contribution in [1.29, 1.82) is 5.26 Å². The van der Waals surface area contributed by atoms with Crippen molar-refractivity contribution in [2.45, 2.75) is 0 Å². The molecule has 0 amide bonds. The van der Waals surface area contributed by atoms with Crippen LogP contribution in [-0.4, -0.2) is 14.9 Å². The predicted molar refractivity (Wildman–Crippen MR) is 81.6 cm³/mol. The van der Waals surface area contributed by atoms with Gasteiger partial charge in [-0.3, -0.25) is 0 Å². The summed E-state index contributed by atoms with van der Waals surface area (Å²) >= 11 is 0. The Morgan fingerprint density at radius 1 is 1.09 bits per heavy atom. The maximum absolute atomic E-state index is 10.1. The number of hydrogen-bond donors (Lipinski definition) is 1. The summed E-state index contributed by atoms with van der Waals surface area (Å²) < 4.78 is 1.44. The number of aromatic nitrogens is 2. The quantitative estimate of drug-likeness (QED) is 0.566. The first-order valence-electron chi connectivity index (χ1n) is 6.50. The summed E-state index contributed by atoms with van der Waals surface area (Å²) in [5.74, 6) is 0.0307. The smallest absolute Gasteiger partial charge is 0.250 e. The number of para-hydroxylation sites is 2. The second-order valence-corrected chi connectivity index (χ2v) is 4.54. The van der Waals surface area contributed by atoms with Crippen molar-refractivity contribution in [2.75, 3.05) is 0 Å². The number of phenolic OH excluding ortho intramolecular Hbond substituents is 1. The molecule has 0 fully saturated rings. The zero-order chi connectivity index (χ0) is 15.5. The molecule has 106 valence electrons. The van der Waals surface area contributed by atoms with Gasteiger partial charge >= 0.3 is 0 Å². The second kappa shape index (κ2) is 6.88. The van der Waals surface area contributed by atoms with E-state index in [9.17, 15) is 10.4 Å². The number of benzene rings is 2. The van der Waals surface area contributed by atoms with Gasteiger partial charge in [0, 0.05) is 19.5 Å². The Bertz CT molecular complexity index is 920. The van der Waals surface area contributed by atoms with Gasteiger partial charge in [0.1, 0.15) is 17.5 Å². The van der Waals surface area contributed by atoms with Crippen LogP contribution < -0.4 is 0 Å². The molecule has 0 atom stereocenters. The number of rotatable bonds is 2. The molecule has 0 spiro atoms. The monoisotopic (exact) mass is 350 g/mol. The molecule has 0 saturated heterocycles. The Kier molecular flexibility index (Phi) is 4.91. The van der Waals surface area contributed by atoms with Gasteiger partial charge in [-0.05, 0) is 17.7 Å². The first kappa shape index (κ1) is 16.4. The van der Waals surface area contributed by atoms with Crippen LogP contribution in [0.3, 0.4) is 0 Å². The molecular formula is C17H10N4OZn. The van der Waals surface area contributed by atoms with E-state index in [2.05, 4.69) is 9.94 Å². The topological polar surface area (TPSA) is 66.2 Å². The van der Waals surface area contributed by atoms with E-state index < -0.39 is 0 Å². The summed E-state index contributed by atoms with van der Waals surface area (Å²) in [5.41, 5.74) is 1.89. The van der Waals surface area contributed by atoms with Gasteiger partial charge in [0.05, 0.1) is 12.3 Å². The van der Waals surface area contributed by atoms with Crippen LogP contribution in [0.25, 0.3) is 21.8 Å². The third-order valence-electron chi connectivity index (χ3n) is 3.24. The van der Waals surface area contributed by atoms with E-state index in [-0.39, 0.29) is 36.6 Å². The fraction of sp³-hybridized carbons (Fsp3) is 0. The van der Waals surface area contributed by atoms with Crippen LogP contribution in [0.4, 0.5) is 5.69 Å². The van der Waals surface area contributed by atoms with Crippen LogP contribution in [0.2, 0.25) is 0 Å². The number of nitrogens with zero attached hydrogens (tertiary/aromatic N) is 4. The molecule has 5 nitrogen and oxygen atoms in total. The molecule has 1 N–H and O–H groups in total. The number of aromatic hydroxyl groups is 1. The average Bonchev–Trinajstić information content (AvgIpc) is 2.94. The van der Waals surface area contributed by atoms with Gasteiger partial charge in [0.2, 0.25) is 5.69 Å². The molecular weight excluding hydrogens is 342 g/mol. The minimum Gasteiger partial charge on any atom is -0.506 e. The Hall–Kier alpha value is -2.95. The molecule has 1 aromatic heterocycles. The van der Waals surface area contributed by atoms with E-state index in [0.29, 0.717) is 11.4 Å². The van der Waals surface area contributed by atoms with Crippen molar-refractivity contribution in [2.24, 2.45) is 0 Å². The summed E-state index contributed by atoms with van der Waals surface area (Å²) in [6, 6.07) is 17.8. The van der Waals surface area contributed by atoms with Crippen LogP contribution in [0.1, 0.15) is 5.69 Å². The van der Waals surface area contributed by atoms with Gasteiger partial charge in [0.25, 0.3) is 0 Å². The Morgan fingerprint density at radius 2 is 1.74 bits per heavy atom. The molecule has 0 bridgehead atoms. The van der Waals surface area contributed by atoms with Gasteiger partial charge in [-0.1, -0.05) is 42.5 Å². The average molecular weight is 352 g/mol. The number of phenols is 1. The maximum atomic E-state index is 10.1. The minimum atomic E-state index is 0. The number of nitriles is 1. The van der Waals surface area contributed by atoms with Gasteiger partial charge in [-0.2, -0.15) is 10.4 Å². The van der Waals surface area contributed by atoms with Gasteiger partial charge in [-0.25, -0.2) is 9.53 Å². The van der Waals surface area contributed by atoms with Crippen molar-refractivity contribution in [3.63, 3.8) is 0 Å². The third-order valence-corrected chi connectivity index (χ3v) is 3.24. The van der Waals surface area contributed by atoms with E-state index in [0.717, 1.165) is 5.56 Å². The first-order valence-corrected chi connectivity index (χ1v) is 6.50. The molecule has 0 aliphatic heterocycles. The number of hydrogen-bond acceptors (Lipinski definition) is 3.